The van der Waals surface area contributed by atoms with Gasteiger partial charge in [-0.25, -0.2) is 9.98 Å². The van der Waals surface area contributed by atoms with E-state index in [2.05, 4.69) is 20.9 Å². The van der Waals surface area contributed by atoms with Crippen molar-refractivity contribution < 1.29 is 9.84 Å². The van der Waals surface area contributed by atoms with Gasteiger partial charge in [0.15, 0.2) is 0 Å². The van der Waals surface area contributed by atoms with Crippen LogP contribution in [0.1, 0.15) is 16.0 Å². The van der Waals surface area contributed by atoms with Gasteiger partial charge < -0.3 is 9.84 Å². The van der Waals surface area contributed by atoms with Crippen molar-refractivity contribution in [1.29, 1.82) is 0 Å². The van der Waals surface area contributed by atoms with Crippen molar-refractivity contribution >= 4 is 49.4 Å². The van der Waals surface area contributed by atoms with Gasteiger partial charge in [-0.1, -0.05) is 57.6 Å². The van der Waals surface area contributed by atoms with Crippen molar-refractivity contribution in [3.8, 4) is 22.8 Å². The number of phenols is 1. The van der Waals surface area contributed by atoms with Gasteiger partial charge in [-0.2, -0.15) is 0 Å². The molecule has 0 spiro atoms. The van der Waals surface area contributed by atoms with Crippen molar-refractivity contribution in [2.45, 2.75) is 6.42 Å². The van der Waals surface area contributed by atoms with Crippen LogP contribution in [0.4, 0.5) is 5.13 Å². The first-order valence-corrected chi connectivity index (χ1v) is 10.4. The molecule has 1 aromatic heterocycles. The predicted molar refractivity (Wildman–Crippen MR) is 117 cm³/mol. The van der Waals surface area contributed by atoms with Crippen LogP contribution >= 0.6 is 27.3 Å². The lowest BCUT2D eigenvalue weighted by molar-refractivity contribution is 0.416. The fourth-order valence-electron chi connectivity index (χ4n) is 3.61. The van der Waals surface area contributed by atoms with Crippen molar-refractivity contribution in [3.05, 3.63) is 69.0 Å². The Labute approximate surface area is 174 Å². The lowest BCUT2D eigenvalue weighted by atomic mass is 10.0. The van der Waals surface area contributed by atoms with E-state index in [9.17, 15) is 5.11 Å². The molecule has 0 atom stereocenters. The van der Waals surface area contributed by atoms with Gasteiger partial charge in [0.05, 0.1) is 12.8 Å². The third kappa shape index (κ3) is 2.72. The number of aromatic nitrogens is 1. The number of rotatable bonds is 3. The average molecular weight is 451 g/mol. The summed E-state index contributed by atoms with van der Waals surface area (Å²) >= 11 is 5.20. The van der Waals surface area contributed by atoms with E-state index >= 15 is 0 Å². The number of fused-ring (bicyclic) bond motifs is 4. The first kappa shape index (κ1) is 17.4. The van der Waals surface area contributed by atoms with Crippen LogP contribution in [0.5, 0.6) is 11.5 Å². The molecule has 0 unspecified atom stereocenters. The Morgan fingerprint density at radius 3 is 2.89 bits per heavy atom. The second-order valence-corrected chi connectivity index (χ2v) is 8.44. The van der Waals surface area contributed by atoms with E-state index in [1.807, 2.05) is 42.5 Å². The van der Waals surface area contributed by atoms with Gasteiger partial charge in [-0.15, -0.1) is 0 Å². The molecule has 1 N–H and O–H groups in total. The Morgan fingerprint density at radius 1 is 1.18 bits per heavy atom. The van der Waals surface area contributed by atoms with Crippen molar-refractivity contribution in [2.24, 2.45) is 4.99 Å². The minimum absolute atomic E-state index is 0.211. The standard InChI is InChI=1S/C22H15BrN2O2S/c1-27-18-9-7-16(23)14-10-19-21(20(14)18)25-22(28-19)24-11-15-13-5-3-2-4-12(13)6-8-17(15)26/h2-9,11,26H,10H2,1H3. The lowest BCUT2D eigenvalue weighted by Gasteiger charge is -2.08. The number of halogens is 1. The first-order chi connectivity index (χ1) is 13.7. The zero-order valence-corrected chi connectivity index (χ0v) is 17.3. The predicted octanol–water partition coefficient (Wildman–Crippen LogP) is 6.09. The molecule has 0 amide bonds. The summed E-state index contributed by atoms with van der Waals surface area (Å²) in [5, 5.41) is 13.0. The molecule has 1 aliphatic carbocycles. The van der Waals surface area contributed by atoms with Crippen LogP contribution in [0.3, 0.4) is 0 Å². The molecule has 3 aromatic carbocycles. The molecule has 138 valence electrons. The van der Waals surface area contributed by atoms with E-state index in [-0.39, 0.29) is 5.75 Å². The Bertz CT molecular complexity index is 1260. The Kier molecular flexibility index (Phi) is 4.18. The molecule has 0 aliphatic heterocycles. The molecule has 5 rings (SSSR count). The summed E-state index contributed by atoms with van der Waals surface area (Å²) < 4.78 is 6.61. The molecule has 1 aliphatic rings. The van der Waals surface area contributed by atoms with E-state index in [1.165, 1.54) is 10.4 Å². The van der Waals surface area contributed by atoms with Gasteiger partial charge in [-0.3, -0.25) is 0 Å². The van der Waals surface area contributed by atoms with Crippen LogP contribution in [0, 0.1) is 0 Å². The summed E-state index contributed by atoms with van der Waals surface area (Å²) in [6, 6.07) is 15.5. The van der Waals surface area contributed by atoms with Crippen LogP contribution in [0.25, 0.3) is 22.0 Å². The Hall–Kier alpha value is -2.70. The maximum Gasteiger partial charge on any atom is 0.209 e. The van der Waals surface area contributed by atoms with Gasteiger partial charge in [0.25, 0.3) is 0 Å². The third-order valence-electron chi connectivity index (χ3n) is 4.95. The van der Waals surface area contributed by atoms with E-state index in [0.29, 0.717) is 10.7 Å². The summed E-state index contributed by atoms with van der Waals surface area (Å²) in [5.74, 6) is 1.03. The van der Waals surface area contributed by atoms with E-state index < -0.39 is 0 Å². The van der Waals surface area contributed by atoms with Gasteiger partial charge in [-0.05, 0) is 34.5 Å². The van der Waals surface area contributed by atoms with Crippen LogP contribution in [0.15, 0.2) is 58.0 Å². The third-order valence-corrected chi connectivity index (χ3v) is 6.66. The number of nitrogens with zero attached hydrogens (tertiary/aromatic N) is 2. The summed E-state index contributed by atoms with van der Waals surface area (Å²) in [6.45, 7) is 0. The molecule has 1 heterocycles. The normalized spacial score (nSPS) is 12.5. The smallest absolute Gasteiger partial charge is 0.209 e. The largest absolute Gasteiger partial charge is 0.507 e. The van der Waals surface area contributed by atoms with Gasteiger partial charge in [0.1, 0.15) is 11.5 Å². The fourth-order valence-corrected chi connectivity index (χ4v) is 5.01. The molecule has 0 saturated heterocycles. The zero-order valence-electron chi connectivity index (χ0n) is 14.9. The SMILES string of the molecule is COc1ccc(Br)c2c1-c1nc(N=Cc3c(O)ccc4ccccc34)sc1C2. The highest BCUT2D eigenvalue weighted by Crippen LogP contribution is 2.48. The zero-order chi connectivity index (χ0) is 19.3. The summed E-state index contributed by atoms with van der Waals surface area (Å²) in [6.07, 6.45) is 2.51. The van der Waals surface area contributed by atoms with Crippen molar-refractivity contribution in [3.63, 3.8) is 0 Å². The van der Waals surface area contributed by atoms with E-state index in [0.717, 1.165) is 38.7 Å². The minimum Gasteiger partial charge on any atom is -0.507 e. The number of hydrogen-bond donors (Lipinski definition) is 1. The maximum atomic E-state index is 10.3. The second-order valence-electron chi connectivity index (χ2n) is 6.53. The summed E-state index contributed by atoms with van der Waals surface area (Å²) in [5.41, 5.74) is 3.88. The molecular weight excluding hydrogens is 436 g/mol. The lowest BCUT2D eigenvalue weighted by Crippen LogP contribution is -1.90. The molecule has 4 aromatic rings. The number of phenolic OH excluding ortho intramolecular Hbond substituents is 1. The van der Waals surface area contributed by atoms with Crippen molar-refractivity contribution in [1.82, 2.24) is 4.98 Å². The molecule has 0 bridgehead atoms. The van der Waals surface area contributed by atoms with Crippen LogP contribution in [-0.4, -0.2) is 23.4 Å². The number of methoxy groups -OCH3 is 1. The number of thiazole rings is 1. The van der Waals surface area contributed by atoms with E-state index in [1.54, 1.807) is 30.7 Å². The van der Waals surface area contributed by atoms with Gasteiger partial charge in [0.2, 0.25) is 5.13 Å². The molecule has 28 heavy (non-hydrogen) atoms. The fraction of sp³-hybridized carbons (Fsp3) is 0.0909. The van der Waals surface area contributed by atoms with Crippen LogP contribution < -0.4 is 4.74 Å². The van der Waals surface area contributed by atoms with E-state index in [4.69, 9.17) is 9.72 Å². The highest BCUT2D eigenvalue weighted by atomic mass is 79.9. The molecule has 0 fully saturated rings. The van der Waals surface area contributed by atoms with Crippen molar-refractivity contribution in [2.75, 3.05) is 7.11 Å². The second kappa shape index (κ2) is 6.72. The highest BCUT2D eigenvalue weighted by Gasteiger charge is 2.28. The number of aliphatic imine (C=N–C) groups is 1. The highest BCUT2D eigenvalue weighted by molar-refractivity contribution is 9.10. The average Bonchev–Trinajstić information content (AvgIpc) is 3.26. The summed E-state index contributed by atoms with van der Waals surface area (Å²) in [4.78, 5) is 10.5. The molecular formula is C22H15BrN2O2S. The quantitative estimate of drug-likeness (QED) is 0.338. The van der Waals surface area contributed by atoms with Crippen LogP contribution in [-0.2, 0) is 6.42 Å². The molecule has 6 heteroatoms. The Balaban J connectivity index is 1.57. The molecule has 4 nitrogen and oxygen atoms in total. The number of hydrogen-bond acceptors (Lipinski definition) is 5. The summed E-state index contributed by atoms with van der Waals surface area (Å²) in [7, 11) is 1.68. The van der Waals surface area contributed by atoms with Gasteiger partial charge in [0, 0.05) is 33.1 Å². The topological polar surface area (TPSA) is 54.7 Å². The maximum absolute atomic E-state index is 10.3. The van der Waals surface area contributed by atoms with Crippen LogP contribution in [0.2, 0.25) is 0 Å². The monoisotopic (exact) mass is 450 g/mol. The Morgan fingerprint density at radius 2 is 2.04 bits per heavy atom. The number of aromatic hydroxyl groups is 1. The number of ether oxygens (including phenoxy) is 1. The van der Waals surface area contributed by atoms with Gasteiger partial charge >= 0.3 is 0 Å². The molecule has 0 saturated carbocycles. The minimum atomic E-state index is 0.211. The number of benzene rings is 3. The molecule has 0 radical (unpaired) electrons. The first-order valence-electron chi connectivity index (χ1n) is 8.76.